The molecule has 0 saturated carbocycles. The Morgan fingerprint density at radius 2 is 1.83 bits per heavy atom. The first-order valence-electron chi connectivity index (χ1n) is 13.8. The molecule has 4 heterocycles. The van der Waals surface area contributed by atoms with Crippen molar-refractivity contribution >= 4 is 28.6 Å². The van der Waals surface area contributed by atoms with Gasteiger partial charge in [0, 0.05) is 42.5 Å². The fraction of sp³-hybridized carbons (Fsp3) is 0.607. The maximum atomic E-state index is 13.7. The summed E-state index contributed by atoms with van der Waals surface area (Å²) in [5.74, 6) is 0.362. The van der Waals surface area contributed by atoms with Crippen LogP contribution in [0.5, 0.6) is 0 Å². The quantitative estimate of drug-likeness (QED) is 0.408. The van der Waals surface area contributed by atoms with Gasteiger partial charge in [0.15, 0.2) is 0 Å². The molecule has 3 atom stereocenters. The van der Waals surface area contributed by atoms with Crippen LogP contribution in [0.2, 0.25) is 0 Å². The number of nitrogen functional groups attached to an aromatic ring is 1. The predicted molar refractivity (Wildman–Crippen MR) is 142 cm³/mol. The molecule has 0 bridgehead atoms. The van der Waals surface area contributed by atoms with Crippen LogP contribution in [0.3, 0.4) is 0 Å². The molecule has 36 heavy (non-hydrogen) atoms. The molecule has 2 aromatic rings. The summed E-state index contributed by atoms with van der Waals surface area (Å²) in [4.78, 5) is 30.9. The number of aryl methyl sites for hydroxylation is 2. The first-order chi connectivity index (χ1) is 17.5. The summed E-state index contributed by atoms with van der Waals surface area (Å²) in [5, 5.41) is 12.3. The summed E-state index contributed by atoms with van der Waals surface area (Å²) >= 11 is 0. The van der Waals surface area contributed by atoms with Crippen LogP contribution in [0.25, 0.3) is 10.9 Å². The van der Waals surface area contributed by atoms with E-state index >= 15 is 0 Å². The Morgan fingerprint density at radius 1 is 1.03 bits per heavy atom. The van der Waals surface area contributed by atoms with Crippen LogP contribution in [0.1, 0.15) is 69.5 Å². The van der Waals surface area contributed by atoms with Crippen molar-refractivity contribution in [1.82, 2.24) is 19.7 Å². The number of likely N-dealkylation sites (tertiary alicyclic amines) is 2. The van der Waals surface area contributed by atoms with Gasteiger partial charge in [-0.25, -0.2) is 0 Å². The van der Waals surface area contributed by atoms with Crippen molar-refractivity contribution < 1.29 is 9.59 Å². The van der Waals surface area contributed by atoms with Gasteiger partial charge < -0.3 is 25.4 Å². The second-order valence-corrected chi connectivity index (χ2v) is 10.6. The summed E-state index contributed by atoms with van der Waals surface area (Å²) < 4.78 is 2.30. The van der Waals surface area contributed by atoms with Crippen molar-refractivity contribution in [3.05, 3.63) is 35.5 Å². The summed E-state index contributed by atoms with van der Waals surface area (Å²) in [6.45, 7) is 5.37. The van der Waals surface area contributed by atoms with Gasteiger partial charge in [0.25, 0.3) is 0 Å². The molecule has 3 aliphatic rings. The zero-order valence-corrected chi connectivity index (χ0v) is 21.5. The highest BCUT2D eigenvalue weighted by atomic mass is 16.2. The lowest BCUT2D eigenvalue weighted by atomic mass is 10.0. The van der Waals surface area contributed by atoms with Gasteiger partial charge in [-0.2, -0.15) is 0 Å². The van der Waals surface area contributed by atoms with E-state index in [4.69, 9.17) is 11.1 Å². The third-order valence-electron chi connectivity index (χ3n) is 8.44. The van der Waals surface area contributed by atoms with Gasteiger partial charge in [0.2, 0.25) is 11.8 Å². The fourth-order valence-electron chi connectivity index (χ4n) is 6.54. The molecule has 0 radical (unpaired) electrons. The van der Waals surface area contributed by atoms with E-state index in [1.54, 1.807) is 0 Å². The molecule has 8 heteroatoms. The van der Waals surface area contributed by atoms with E-state index in [0.717, 1.165) is 93.9 Å². The molecule has 3 aliphatic heterocycles. The highest BCUT2D eigenvalue weighted by molar-refractivity contribution is 5.98. The van der Waals surface area contributed by atoms with Crippen LogP contribution >= 0.6 is 0 Å². The van der Waals surface area contributed by atoms with Crippen molar-refractivity contribution in [2.75, 3.05) is 19.6 Å². The summed E-state index contributed by atoms with van der Waals surface area (Å²) in [6.07, 6.45) is 8.64. The van der Waals surface area contributed by atoms with E-state index in [1.807, 2.05) is 23.1 Å². The van der Waals surface area contributed by atoms with Crippen LogP contribution in [-0.2, 0) is 22.6 Å². The van der Waals surface area contributed by atoms with Crippen LogP contribution in [0.4, 0.5) is 0 Å². The normalized spacial score (nSPS) is 24.5. The van der Waals surface area contributed by atoms with Crippen LogP contribution < -0.4 is 11.1 Å². The number of nitrogens with two attached hydrogens (primary N) is 1. The van der Waals surface area contributed by atoms with Gasteiger partial charge >= 0.3 is 0 Å². The van der Waals surface area contributed by atoms with Crippen molar-refractivity contribution in [1.29, 1.82) is 5.41 Å². The van der Waals surface area contributed by atoms with Gasteiger partial charge in [-0.05, 0) is 82.4 Å². The van der Waals surface area contributed by atoms with Gasteiger partial charge in [-0.3, -0.25) is 15.0 Å². The second kappa shape index (κ2) is 10.6. The Hall–Kier alpha value is -2.87. The number of hydrogen-bond donors (Lipinski definition) is 3. The molecule has 5 rings (SSSR count). The maximum absolute atomic E-state index is 13.7. The minimum atomic E-state index is -0.297. The minimum Gasteiger partial charge on any atom is -0.384 e. The molecule has 0 spiro atoms. The Balaban J connectivity index is 1.27. The number of piperidine rings is 1. The third-order valence-corrected chi connectivity index (χ3v) is 8.44. The van der Waals surface area contributed by atoms with Crippen molar-refractivity contribution in [2.24, 2.45) is 5.73 Å². The lowest BCUT2D eigenvalue weighted by molar-refractivity contribution is -0.145. The zero-order chi connectivity index (χ0) is 25.2. The highest BCUT2D eigenvalue weighted by Crippen LogP contribution is 2.29. The third kappa shape index (κ3) is 4.75. The molecule has 2 amide bonds. The minimum absolute atomic E-state index is 0.0844. The van der Waals surface area contributed by atoms with E-state index in [2.05, 4.69) is 27.8 Å². The Bertz CT molecular complexity index is 1130. The molecular weight excluding hydrogens is 452 g/mol. The largest absolute Gasteiger partial charge is 0.384 e. The van der Waals surface area contributed by atoms with E-state index in [0.29, 0.717) is 6.54 Å². The molecular formula is C28H40N6O2. The monoisotopic (exact) mass is 492 g/mol. The number of carbonyl (C=O) groups is 2. The molecule has 3 saturated heterocycles. The number of benzene rings is 1. The van der Waals surface area contributed by atoms with Gasteiger partial charge in [-0.1, -0.05) is 18.6 Å². The predicted octanol–water partition coefficient (Wildman–Crippen LogP) is 3.00. The first kappa shape index (κ1) is 24.8. The summed E-state index contributed by atoms with van der Waals surface area (Å²) in [5.41, 5.74) is 8.83. The lowest BCUT2D eigenvalue weighted by Crippen LogP contribution is -2.54. The van der Waals surface area contributed by atoms with E-state index < -0.39 is 0 Å². The Morgan fingerprint density at radius 3 is 2.58 bits per heavy atom. The average molecular weight is 493 g/mol. The molecule has 1 unspecified atom stereocenters. The lowest BCUT2D eigenvalue weighted by Gasteiger charge is -2.34. The second-order valence-electron chi connectivity index (χ2n) is 10.6. The number of fused-ring (bicyclic) bond motifs is 1. The molecule has 194 valence electrons. The number of hydrogen-bond acceptors (Lipinski definition) is 4. The summed E-state index contributed by atoms with van der Waals surface area (Å²) in [7, 11) is 0. The zero-order valence-electron chi connectivity index (χ0n) is 21.5. The number of carbonyl (C=O) groups excluding carboxylic acids is 2. The molecule has 4 N–H and O–H groups in total. The van der Waals surface area contributed by atoms with E-state index in [1.165, 1.54) is 5.69 Å². The summed E-state index contributed by atoms with van der Waals surface area (Å²) in [6, 6.07) is 7.99. The molecule has 0 aliphatic carbocycles. The number of nitrogens with one attached hydrogen (secondary N) is 2. The topological polar surface area (TPSA) is 107 Å². The molecule has 1 aromatic carbocycles. The fourth-order valence-corrected chi connectivity index (χ4v) is 6.54. The Kier molecular flexibility index (Phi) is 7.32. The number of aromatic nitrogens is 1. The van der Waals surface area contributed by atoms with Gasteiger partial charge in [-0.15, -0.1) is 0 Å². The maximum Gasteiger partial charge on any atom is 0.245 e. The number of amidine groups is 1. The van der Waals surface area contributed by atoms with E-state index in [9.17, 15) is 9.59 Å². The van der Waals surface area contributed by atoms with Gasteiger partial charge in [0.1, 0.15) is 11.9 Å². The average Bonchev–Trinajstić information content (AvgIpc) is 3.64. The highest BCUT2D eigenvalue weighted by Gasteiger charge is 2.41. The van der Waals surface area contributed by atoms with Crippen molar-refractivity contribution in [3.8, 4) is 0 Å². The van der Waals surface area contributed by atoms with Crippen molar-refractivity contribution in [2.45, 2.75) is 89.4 Å². The Labute approximate surface area is 213 Å². The SMILES string of the molecule is CCn1c(CC[C@@H]2CCCN2C(=O)[C@H]2CCCN2C(=O)C2CCCCN2)cc2ccc(C(=N)N)cc21. The van der Waals surface area contributed by atoms with E-state index in [-0.39, 0.29) is 35.8 Å². The first-order valence-corrected chi connectivity index (χ1v) is 13.8. The number of amides is 2. The number of rotatable bonds is 7. The number of nitrogens with zero attached hydrogens (tertiary/aromatic N) is 3. The smallest absolute Gasteiger partial charge is 0.245 e. The van der Waals surface area contributed by atoms with Crippen LogP contribution in [0.15, 0.2) is 24.3 Å². The molecule has 8 nitrogen and oxygen atoms in total. The van der Waals surface area contributed by atoms with Crippen LogP contribution in [0, 0.1) is 5.41 Å². The molecule has 3 fully saturated rings. The standard InChI is InChI=1S/C28H40N6O2/c1-2-32-22(17-19-10-11-20(26(29)30)18-25(19)32)13-12-21-7-5-15-33(21)28(36)24-9-6-16-34(24)27(35)23-8-3-4-14-31-23/h10-11,17-18,21,23-24,31H,2-9,12-16H2,1H3,(H3,29,30)/t21-,23?,24+/m0/s1. The van der Waals surface area contributed by atoms with Gasteiger partial charge in [0.05, 0.1) is 6.04 Å². The van der Waals surface area contributed by atoms with Crippen molar-refractivity contribution in [3.63, 3.8) is 0 Å². The van der Waals surface area contributed by atoms with Crippen LogP contribution in [-0.4, -0.2) is 69.8 Å². The molecule has 1 aromatic heterocycles.